The minimum absolute atomic E-state index is 0.346. The number of benzene rings is 1. The Labute approximate surface area is 165 Å². The monoisotopic (exact) mass is 397 g/mol. The van der Waals surface area contributed by atoms with E-state index in [4.69, 9.17) is 5.73 Å². The zero-order valence-corrected chi connectivity index (χ0v) is 16.9. The molecule has 8 heteroatoms. The molecule has 4 rings (SSSR count). The summed E-state index contributed by atoms with van der Waals surface area (Å²) in [6.45, 7) is 6.24. The predicted molar refractivity (Wildman–Crippen MR) is 114 cm³/mol. The summed E-state index contributed by atoms with van der Waals surface area (Å²) >= 11 is 2.81. The molecule has 1 aliphatic heterocycles. The Morgan fingerprint density at radius 3 is 2.89 bits per heavy atom. The van der Waals surface area contributed by atoms with Crippen molar-refractivity contribution in [1.82, 2.24) is 13.8 Å². The fraction of sp³-hybridized carbons (Fsp3) is 0.263. The van der Waals surface area contributed by atoms with Crippen LogP contribution in [0, 0.1) is 5.92 Å². The highest BCUT2D eigenvalue weighted by Gasteiger charge is 2.20. The minimum atomic E-state index is -0.346. The average molecular weight is 398 g/mol. The number of hydrogen-bond donors (Lipinski definition) is 1. The fourth-order valence-corrected chi connectivity index (χ4v) is 4.73. The van der Waals surface area contributed by atoms with Crippen LogP contribution in [0.3, 0.4) is 0 Å². The van der Waals surface area contributed by atoms with Crippen molar-refractivity contribution in [3.63, 3.8) is 0 Å². The highest BCUT2D eigenvalue weighted by molar-refractivity contribution is 7.99. The summed E-state index contributed by atoms with van der Waals surface area (Å²) in [6.07, 6.45) is 1.80. The molecule has 0 spiro atoms. The average Bonchev–Trinajstić information content (AvgIpc) is 3.17. The maximum atomic E-state index is 12.6. The van der Waals surface area contributed by atoms with Crippen LogP contribution in [-0.4, -0.2) is 25.2 Å². The van der Waals surface area contributed by atoms with Gasteiger partial charge in [-0.05, 0) is 25.0 Å². The van der Waals surface area contributed by atoms with E-state index in [-0.39, 0.29) is 5.56 Å². The summed E-state index contributed by atoms with van der Waals surface area (Å²) in [5.41, 5.74) is 10.1. The molecule has 6 nitrogen and oxygen atoms in total. The summed E-state index contributed by atoms with van der Waals surface area (Å²) in [6, 6.07) is 7.87. The topological polar surface area (TPSA) is 85.6 Å². The van der Waals surface area contributed by atoms with Gasteiger partial charge in [0.25, 0.3) is 5.56 Å². The molecule has 0 aliphatic carbocycles. The third-order valence-electron chi connectivity index (χ3n) is 4.24. The molecule has 27 heavy (non-hydrogen) atoms. The molecule has 2 aromatic heterocycles. The van der Waals surface area contributed by atoms with Crippen molar-refractivity contribution in [2.45, 2.75) is 25.9 Å². The third-order valence-corrected chi connectivity index (χ3v) is 6.42. The maximum absolute atomic E-state index is 12.6. The van der Waals surface area contributed by atoms with Gasteiger partial charge in [-0.15, -0.1) is 0 Å². The summed E-state index contributed by atoms with van der Waals surface area (Å²) in [5, 5.41) is 0.769. The summed E-state index contributed by atoms with van der Waals surface area (Å²) in [7, 11) is 0. The van der Waals surface area contributed by atoms with Gasteiger partial charge in [-0.3, -0.25) is 9.79 Å². The minimum Gasteiger partial charge on any atom is -0.384 e. The molecule has 1 aliphatic rings. The normalized spacial score (nSPS) is 15.0. The number of fused-ring (bicyclic) bond motifs is 2. The number of nitrogens with zero attached hydrogens (tertiary/aromatic N) is 4. The van der Waals surface area contributed by atoms with Gasteiger partial charge in [-0.2, -0.15) is 9.36 Å². The van der Waals surface area contributed by atoms with E-state index in [0.717, 1.165) is 33.4 Å². The van der Waals surface area contributed by atoms with Crippen LogP contribution in [0.1, 0.15) is 31.9 Å². The standard InChI is InChI=1S/C19H19N5OS2/c1-10(2)9-26-19-23-27-18-22-17(25)14(16(20)24(18)19)8-13-11(3)21-15-7-5-4-6-12(13)15/h4-8,10H,9,20H2,1-3H3. The number of rotatable bonds is 4. The molecular weight excluding hydrogens is 378 g/mol. The molecule has 0 atom stereocenters. The fourth-order valence-electron chi connectivity index (χ4n) is 2.93. The Kier molecular flexibility index (Phi) is 4.61. The third kappa shape index (κ3) is 3.19. The van der Waals surface area contributed by atoms with Crippen LogP contribution in [0.5, 0.6) is 0 Å². The Bertz CT molecular complexity index is 1160. The van der Waals surface area contributed by atoms with Gasteiger partial charge in [0.15, 0.2) is 5.16 Å². The van der Waals surface area contributed by atoms with Crippen LogP contribution in [0.15, 0.2) is 39.2 Å². The highest BCUT2D eigenvalue weighted by Crippen LogP contribution is 2.36. The SMILES string of the molecule is CC1=Nc2ccccc2C1=Cc1c(N)n2c(SCC(C)C)nsc2nc1=O. The highest BCUT2D eigenvalue weighted by atomic mass is 32.2. The lowest BCUT2D eigenvalue weighted by Crippen LogP contribution is -2.17. The van der Waals surface area contributed by atoms with E-state index in [9.17, 15) is 4.79 Å². The van der Waals surface area contributed by atoms with Crippen molar-refractivity contribution in [1.29, 1.82) is 0 Å². The number of anilines is 1. The van der Waals surface area contributed by atoms with E-state index in [1.165, 1.54) is 11.5 Å². The van der Waals surface area contributed by atoms with Gasteiger partial charge in [0.05, 0.1) is 11.3 Å². The van der Waals surface area contributed by atoms with Crippen molar-refractivity contribution >= 4 is 57.1 Å². The van der Waals surface area contributed by atoms with Crippen molar-refractivity contribution < 1.29 is 0 Å². The first-order chi connectivity index (χ1) is 13.0. The van der Waals surface area contributed by atoms with Crippen LogP contribution in [0.2, 0.25) is 0 Å². The number of thioether (sulfide) groups is 1. The second-order valence-electron chi connectivity index (χ2n) is 6.78. The molecule has 0 fully saturated rings. The van der Waals surface area contributed by atoms with E-state index in [2.05, 4.69) is 28.2 Å². The molecule has 0 unspecified atom stereocenters. The van der Waals surface area contributed by atoms with Crippen molar-refractivity contribution in [3.8, 4) is 0 Å². The Morgan fingerprint density at radius 1 is 1.33 bits per heavy atom. The second kappa shape index (κ2) is 6.94. The first kappa shape index (κ1) is 17.9. The van der Waals surface area contributed by atoms with Crippen LogP contribution >= 0.6 is 23.3 Å². The van der Waals surface area contributed by atoms with E-state index in [1.807, 2.05) is 31.2 Å². The van der Waals surface area contributed by atoms with Gasteiger partial charge in [-0.1, -0.05) is 43.8 Å². The number of nitrogens with two attached hydrogens (primary N) is 1. The van der Waals surface area contributed by atoms with E-state index >= 15 is 0 Å². The Hall–Kier alpha value is -2.45. The van der Waals surface area contributed by atoms with Crippen LogP contribution in [0.4, 0.5) is 11.5 Å². The smallest absolute Gasteiger partial charge is 0.283 e. The summed E-state index contributed by atoms with van der Waals surface area (Å²) in [4.78, 5) is 21.9. The van der Waals surface area contributed by atoms with Gasteiger partial charge in [0.2, 0.25) is 4.96 Å². The lowest BCUT2D eigenvalue weighted by molar-refractivity contribution is 0.747. The number of aliphatic imine (C=N–C) groups is 1. The molecule has 1 aromatic carbocycles. The molecule has 0 bridgehead atoms. The number of aromatic nitrogens is 3. The molecule has 2 N–H and O–H groups in total. The van der Waals surface area contributed by atoms with Crippen molar-refractivity contribution in [3.05, 3.63) is 45.7 Å². The van der Waals surface area contributed by atoms with Gasteiger partial charge in [-0.25, -0.2) is 4.40 Å². The largest absolute Gasteiger partial charge is 0.384 e. The quantitative estimate of drug-likeness (QED) is 0.669. The molecule has 3 aromatic rings. The van der Waals surface area contributed by atoms with Gasteiger partial charge in [0, 0.05) is 34.1 Å². The van der Waals surface area contributed by atoms with Crippen LogP contribution in [-0.2, 0) is 0 Å². The maximum Gasteiger partial charge on any atom is 0.283 e. The predicted octanol–water partition coefficient (Wildman–Crippen LogP) is 4.13. The molecule has 0 radical (unpaired) electrons. The number of para-hydroxylation sites is 1. The van der Waals surface area contributed by atoms with Gasteiger partial charge >= 0.3 is 0 Å². The number of nitrogen functional groups attached to an aromatic ring is 1. The molecule has 0 saturated heterocycles. The Morgan fingerprint density at radius 2 is 2.11 bits per heavy atom. The van der Waals surface area contributed by atoms with E-state index in [1.54, 1.807) is 22.2 Å². The number of hydrogen-bond acceptors (Lipinski definition) is 7. The summed E-state index contributed by atoms with van der Waals surface area (Å²) in [5.74, 6) is 1.81. The molecule has 138 valence electrons. The van der Waals surface area contributed by atoms with Crippen molar-refractivity contribution in [2.75, 3.05) is 11.5 Å². The number of allylic oxidation sites excluding steroid dienone is 1. The summed E-state index contributed by atoms with van der Waals surface area (Å²) < 4.78 is 6.21. The first-order valence-electron chi connectivity index (χ1n) is 8.63. The van der Waals surface area contributed by atoms with E-state index < -0.39 is 0 Å². The zero-order chi connectivity index (χ0) is 19.1. The first-order valence-corrected chi connectivity index (χ1v) is 10.4. The van der Waals surface area contributed by atoms with Crippen LogP contribution < -0.4 is 11.3 Å². The zero-order valence-electron chi connectivity index (χ0n) is 15.3. The van der Waals surface area contributed by atoms with E-state index in [0.29, 0.717) is 22.3 Å². The molecule has 0 amide bonds. The lowest BCUT2D eigenvalue weighted by Gasteiger charge is -2.08. The van der Waals surface area contributed by atoms with Crippen LogP contribution in [0.25, 0.3) is 16.6 Å². The van der Waals surface area contributed by atoms with Crippen molar-refractivity contribution in [2.24, 2.45) is 10.9 Å². The van der Waals surface area contributed by atoms with Gasteiger partial charge in [0.1, 0.15) is 5.82 Å². The lowest BCUT2D eigenvalue weighted by atomic mass is 10.0. The Balaban J connectivity index is 1.87. The second-order valence-corrected chi connectivity index (χ2v) is 8.49. The molecular formula is C19H19N5OS2. The molecule has 3 heterocycles. The van der Waals surface area contributed by atoms with Gasteiger partial charge < -0.3 is 5.73 Å². The molecule has 0 saturated carbocycles.